The lowest BCUT2D eigenvalue weighted by Gasteiger charge is -2.22. The number of fused-ring (bicyclic) bond motifs is 1. The maximum Gasteiger partial charge on any atom is 0.268 e. The molecule has 0 spiro atoms. The average molecular weight is 424 g/mol. The summed E-state index contributed by atoms with van der Waals surface area (Å²) in [4.78, 5) is 40.8. The number of amides is 3. The largest absolute Gasteiger partial charge is 0.356 e. The van der Waals surface area contributed by atoms with Crippen molar-refractivity contribution in [1.82, 2.24) is 20.9 Å². The molecule has 1 aromatic carbocycles. The summed E-state index contributed by atoms with van der Waals surface area (Å²) < 4.78 is 0. The quantitative estimate of drug-likeness (QED) is 0.519. The molecular weight excluding hydrogens is 394 g/mol. The zero-order chi connectivity index (χ0) is 22.5. The molecule has 2 heterocycles. The van der Waals surface area contributed by atoms with Gasteiger partial charge in [0.05, 0.1) is 6.07 Å². The Kier molecular flexibility index (Phi) is 6.95. The minimum Gasteiger partial charge on any atom is -0.356 e. The van der Waals surface area contributed by atoms with Crippen LogP contribution in [-0.4, -0.2) is 41.3 Å². The normalized spacial score (nSPS) is 17.8. The molecule has 8 heteroatoms. The summed E-state index contributed by atoms with van der Waals surface area (Å²) in [6.07, 6.45) is 1.34. The van der Waals surface area contributed by atoms with Crippen molar-refractivity contribution in [2.45, 2.75) is 52.1 Å². The first-order valence-electron chi connectivity index (χ1n) is 10.7. The van der Waals surface area contributed by atoms with Crippen LogP contribution in [0.4, 0.5) is 0 Å². The van der Waals surface area contributed by atoms with Crippen LogP contribution in [0.25, 0.3) is 10.9 Å². The van der Waals surface area contributed by atoms with Gasteiger partial charge >= 0.3 is 0 Å². The van der Waals surface area contributed by atoms with Gasteiger partial charge in [-0.05, 0) is 43.7 Å². The van der Waals surface area contributed by atoms with Gasteiger partial charge in [0.2, 0.25) is 11.8 Å². The summed E-state index contributed by atoms with van der Waals surface area (Å²) in [5.74, 6) is -0.993. The van der Waals surface area contributed by atoms with Crippen LogP contribution in [0.1, 0.15) is 49.2 Å². The molecule has 0 aliphatic carbocycles. The van der Waals surface area contributed by atoms with Crippen molar-refractivity contribution in [2.24, 2.45) is 11.8 Å². The second-order valence-corrected chi connectivity index (χ2v) is 8.53. The molecule has 164 valence electrons. The third-order valence-electron chi connectivity index (χ3n) is 5.68. The van der Waals surface area contributed by atoms with Crippen LogP contribution < -0.4 is 16.0 Å². The first-order chi connectivity index (χ1) is 14.8. The summed E-state index contributed by atoms with van der Waals surface area (Å²) in [7, 11) is 0. The Morgan fingerprint density at radius 1 is 1.26 bits per heavy atom. The number of H-pyrrole nitrogens is 1. The van der Waals surface area contributed by atoms with Crippen molar-refractivity contribution in [3.63, 3.8) is 0 Å². The van der Waals surface area contributed by atoms with Crippen LogP contribution in [0.3, 0.4) is 0 Å². The molecule has 1 aliphatic rings. The number of benzene rings is 1. The van der Waals surface area contributed by atoms with Gasteiger partial charge in [0.25, 0.3) is 5.91 Å². The zero-order valence-corrected chi connectivity index (χ0v) is 18.1. The number of nitrogens with one attached hydrogen (secondary N) is 4. The van der Waals surface area contributed by atoms with E-state index in [0.717, 1.165) is 16.5 Å². The highest BCUT2D eigenvalue weighted by Crippen LogP contribution is 2.21. The first kappa shape index (κ1) is 22.3. The van der Waals surface area contributed by atoms with Gasteiger partial charge in [-0.3, -0.25) is 14.4 Å². The van der Waals surface area contributed by atoms with E-state index in [9.17, 15) is 19.6 Å². The maximum atomic E-state index is 13.0. The highest BCUT2D eigenvalue weighted by atomic mass is 16.2. The minimum absolute atomic E-state index is 0.0872. The predicted molar refractivity (Wildman–Crippen MR) is 117 cm³/mol. The number of aryl methyl sites for hydroxylation is 1. The molecule has 8 nitrogen and oxygen atoms in total. The molecule has 0 radical (unpaired) electrons. The number of carbonyl (C=O) groups is 3. The van der Waals surface area contributed by atoms with Gasteiger partial charge in [0.1, 0.15) is 17.8 Å². The minimum atomic E-state index is -0.789. The van der Waals surface area contributed by atoms with Crippen LogP contribution in [0.5, 0.6) is 0 Å². The van der Waals surface area contributed by atoms with Crippen LogP contribution in [0.15, 0.2) is 24.3 Å². The van der Waals surface area contributed by atoms with Gasteiger partial charge in [-0.25, -0.2) is 0 Å². The number of hydrogen-bond donors (Lipinski definition) is 4. The van der Waals surface area contributed by atoms with E-state index < -0.39 is 18.0 Å². The molecule has 4 N–H and O–H groups in total. The van der Waals surface area contributed by atoms with Gasteiger partial charge in [0.15, 0.2) is 0 Å². The van der Waals surface area contributed by atoms with Gasteiger partial charge < -0.3 is 20.9 Å². The fraction of sp³-hybridized carbons (Fsp3) is 0.478. The summed E-state index contributed by atoms with van der Waals surface area (Å²) in [5.41, 5.74) is 2.09. The van der Waals surface area contributed by atoms with Crippen molar-refractivity contribution < 1.29 is 14.4 Å². The highest BCUT2D eigenvalue weighted by Gasteiger charge is 2.30. The molecule has 3 rings (SSSR count). The van der Waals surface area contributed by atoms with E-state index in [4.69, 9.17) is 0 Å². The van der Waals surface area contributed by atoms with E-state index in [0.29, 0.717) is 25.1 Å². The van der Waals surface area contributed by atoms with Crippen LogP contribution in [0.2, 0.25) is 0 Å². The number of para-hydroxylation sites is 1. The molecule has 2 aromatic rings. The second kappa shape index (κ2) is 9.65. The Balaban J connectivity index is 1.71. The molecule has 0 bridgehead atoms. The molecule has 1 fully saturated rings. The van der Waals surface area contributed by atoms with Gasteiger partial charge in [0, 0.05) is 23.4 Å². The van der Waals surface area contributed by atoms with Crippen molar-refractivity contribution >= 4 is 28.6 Å². The molecule has 3 atom stereocenters. The number of nitrogens with zero attached hydrogens (tertiary/aromatic N) is 1. The Morgan fingerprint density at radius 2 is 2.00 bits per heavy atom. The fourth-order valence-electron chi connectivity index (χ4n) is 4.01. The zero-order valence-electron chi connectivity index (χ0n) is 18.1. The molecule has 1 aromatic heterocycles. The number of hydrogen-bond acceptors (Lipinski definition) is 4. The predicted octanol–water partition coefficient (Wildman–Crippen LogP) is 2.16. The Labute approximate surface area is 181 Å². The topological polar surface area (TPSA) is 127 Å². The standard InChI is InChI=1S/C23H29N5O3/c1-13(2)10-19(22(30)26-16(12-24)11-15-8-9-25-21(15)29)28-23(31)20-14(3)17-6-4-5-7-18(17)27-20/h4-7,13,15-16,19,27H,8-11H2,1-3H3,(H,25,29)(H,26,30)(H,28,31)/t15-,16-,19-/m0/s1. The molecule has 3 amide bonds. The number of rotatable bonds is 8. The average Bonchev–Trinajstić information content (AvgIpc) is 3.29. The molecule has 1 aliphatic heterocycles. The van der Waals surface area contributed by atoms with Crippen molar-refractivity contribution in [3.05, 3.63) is 35.5 Å². The van der Waals surface area contributed by atoms with E-state index in [2.05, 4.69) is 27.0 Å². The maximum absolute atomic E-state index is 13.0. The van der Waals surface area contributed by atoms with E-state index in [1.165, 1.54) is 0 Å². The van der Waals surface area contributed by atoms with Gasteiger partial charge in [-0.2, -0.15) is 5.26 Å². The van der Waals surface area contributed by atoms with Crippen molar-refractivity contribution in [1.29, 1.82) is 5.26 Å². The number of nitriles is 1. The Bertz CT molecular complexity index is 1020. The molecule has 0 unspecified atom stereocenters. The molecular formula is C23H29N5O3. The van der Waals surface area contributed by atoms with Crippen LogP contribution >= 0.6 is 0 Å². The van der Waals surface area contributed by atoms with Gasteiger partial charge in [-0.1, -0.05) is 32.0 Å². The number of aromatic amines is 1. The van der Waals surface area contributed by atoms with E-state index in [1.807, 2.05) is 45.0 Å². The summed E-state index contributed by atoms with van der Waals surface area (Å²) in [5, 5.41) is 18.7. The number of carbonyl (C=O) groups excluding carboxylic acids is 3. The molecule has 0 saturated carbocycles. The summed E-state index contributed by atoms with van der Waals surface area (Å²) in [6, 6.07) is 8.13. The SMILES string of the molecule is Cc1c(C(=O)N[C@@H](CC(C)C)C(=O)N[C@H](C#N)C[C@@H]2CCNC2=O)[nH]c2ccccc12. The highest BCUT2D eigenvalue weighted by molar-refractivity contribution is 6.02. The summed E-state index contributed by atoms with van der Waals surface area (Å²) >= 11 is 0. The monoisotopic (exact) mass is 423 g/mol. The first-order valence-corrected chi connectivity index (χ1v) is 10.7. The molecule has 1 saturated heterocycles. The van der Waals surface area contributed by atoms with Crippen LogP contribution in [-0.2, 0) is 9.59 Å². The van der Waals surface area contributed by atoms with E-state index in [1.54, 1.807) is 0 Å². The van der Waals surface area contributed by atoms with E-state index in [-0.39, 0.29) is 30.1 Å². The lowest BCUT2D eigenvalue weighted by atomic mass is 9.98. The number of aromatic nitrogens is 1. The molecule has 31 heavy (non-hydrogen) atoms. The van der Waals surface area contributed by atoms with Crippen molar-refractivity contribution in [3.8, 4) is 6.07 Å². The second-order valence-electron chi connectivity index (χ2n) is 8.53. The van der Waals surface area contributed by atoms with E-state index >= 15 is 0 Å². The van der Waals surface area contributed by atoms with Crippen LogP contribution in [0, 0.1) is 30.1 Å². The third kappa shape index (κ3) is 5.23. The lowest BCUT2D eigenvalue weighted by molar-refractivity contribution is -0.125. The van der Waals surface area contributed by atoms with Gasteiger partial charge in [-0.15, -0.1) is 0 Å². The third-order valence-corrected chi connectivity index (χ3v) is 5.68. The smallest absolute Gasteiger partial charge is 0.268 e. The Hall–Kier alpha value is -3.34. The summed E-state index contributed by atoms with van der Waals surface area (Å²) in [6.45, 7) is 6.38. The van der Waals surface area contributed by atoms with Crippen molar-refractivity contribution in [2.75, 3.05) is 6.54 Å². The lowest BCUT2D eigenvalue weighted by Crippen LogP contribution is -2.50. The fourth-order valence-corrected chi connectivity index (χ4v) is 4.01. The Morgan fingerprint density at radius 3 is 2.61 bits per heavy atom.